The molecule has 1 atom stereocenters. The first-order valence-electron chi connectivity index (χ1n) is 7.33. The van der Waals surface area contributed by atoms with Crippen molar-refractivity contribution >= 4 is 15.9 Å². The minimum atomic E-state index is 0.0509. The van der Waals surface area contributed by atoms with E-state index < -0.39 is 0 Å². The molecule has 1 aromatic rings. The van der Waals surface area contributed by atoms with Gasteiger partial charge in [0.15, 0.2) is 0 Å². The summed E-state index contributed by atoms with van der Waals surface area (Å²) in [6.07, 6.45) is 9.57. The second-order valence-electron chi connectivity index (χ2n) is 5.98. The van der Waals surface area contributed by atoms with Crippen molar-refractivity contribution in [2.75, 3.05) is 13.1 Å². The number of likely N-dealkylation sites (tertiary alicyclic amines) is 1. The molecule has 2 N–H and O–H groups in total. The molecule has 0 radical (unpaired) electrons. The van der Waals surface area contributed by atoms with E-state index in [0.29, 0.717) is 0 Å². The van der Waals surface area contributed by atoms with E-state index in [1.54, 1.807) is 0 Å². The van der Waals surface area contributed by atoms with Crippen molar-refractivity contribution in [1.29, 1.82) is 0 Å². The highest BCUT2D eigenvalue weighted by Gasteiger charge is 2.47. The Balaban J connectivity index is 1.96. The van der Waals surface area contributed by atoms with Crippen LogP contribution in [0, 0.1) is 0 Å². The second-order valence-corrected chi connectivity index (χ2v) is 6.84. The average molecular weight is 327 g/mol. The largest absolute Gasteiger partial charge is 0.321 e. The number of hydrogen-bond donors (Lipinski definition) is 1. The Morgan fingerprint density at radius 1 is 1.26 bits per heavy atom. The number of aryl methyl sites for hydroxylation is 1. The van der Waals surface area contributed by atoms with Crippen LogP contribution in [0.1, 0.15) is 50.3 Å². The van der Waals surface area contributed by atoms with Gasteiger partial charge in [0.05, 0.1) is 22.4 Å². The van der Waals surface area contributed by atoms with E-state index in [2.05, 4.69) is 25.9 Å². The lowest BCUT2D eigenvalue weighted by molar-refractivity contribution is 0.0889. The van der Waals surface area contributed by atoms with E-state index >= 15 is 0 Å². The SMILES string of the molecule is Cn1ncc(Br)c1C(N)C1(N2CCCC2)CCCC1. The van der Waals surface area contributed by atoms with Crippen LogP contribution in [-0.4, -0.2) is 33.3 Å². The lowest BCUT2D eigenvalue weighted by atomic mass is 9.85. The highest BCUT2D eigenvalue weighted by Crippen LogP contribution is 2.45. The van der Waals surface area contributed by atoms with Crippen molar-refractivity contribution in [1.82, 2.24) is 14.7 Å². The van der Waals surface area contributed by atoms with Gasteiger partial charge in [-0.15, -0.1) is 0 Å². The van der Waals surface area contributed by atoms with Crippen LogP contribution in [0.25, 0.3) is 0 Å². The maximum atomic E-state index is 6.73. The van der Waals surface area contributed by atoms with Crippen molar-refractivity contribution < 1.29 is 0 Å². The van der Waals surface area contributed by atoms with Gasteiger partial charge >= 0.3 is 0 Å². The van der Waals surface area contributed by atoms with Gasteiger partial charge in [-0.2, -0.15) is 5.10 Å². The lowest BCUT2D eigenvalue weighted by Crippen LogP contribution is -2.53. The highest BCUT2D eigenvalue weighted by molar-refractivity contribution is 9.10. The van der Waals surface area contributed by atoms with Gasteiger partial charge in [-0.25, -0.2) is 0 Å². The number of aromatic nitrogens is 2. The van der Waals surface area contributed by atoms with Crippen molar-refractivity contribution in [2.24, 2.45) is 12.8 Å². The molecular formula is C14H23BrN4. The zero-order valence-electron chi connectivity index (χ0n) is 11.6. The Hall–Kier alpha value is -0.390. The topological polar surface area (TPSA) is 47.1 Å². The van der Waals surface area contributed by atoms with Gasteiger partial charge in [-0.1, -0.05) is 12.8 Å². The van der Waals surface area contributed by atoms with Gasteiger partial charge in [-0.05, 0) is 54.7 Å². The fourth-order valence-electron chi connectivity index (χ4n) is 4.00. The predicted octanol–water partition coefficient (Wildman–Crippen LogP) is 2.59. The van der Waals surface area contributed by atoms with Crippen molar-refractivity contribution in [3.8, 4) is 0 Å². The summed E-state index contributed by atoms with van der Waals surface area (Å²) in [5.74, 6) is 0. The van der Waals surface area contributed by atoms with E-state index in [-0.39, 0.29) is 11.6 Å². The molecule has 19 heavy (non-hydrogen) atoms. The number of halogens is 1. The minimum Gasteiger partial charge on any atom is -0.321 e. The van der Waals surface area contributed by atoms with Gasteiger partial charge in [0.1, 0.15) is 0 Å². The summed E-state index contributed by atoms with van der Waals surface area (Å²) < 4.78 is 2.98. The summed E-state index contributed by atoms with van der Waals surface area (Å²) in [4.78, 5) is 2.66. The van der Waals surface area contributed by atoms with Crippen molar-refractivity contribution in [3.63, 3.8) is 0 Å². The van der Waals surface area contributed by atoms with Gasteiger partial charge < -0.3 is 5.73 Å². The first-order chi connectivity index (χ1) is 9.15. The molecule has 1 aliphatic heterocycles. The highest BCUT2D eigenvalue weighted by atomic mass is 79.9. The van der Waals surface area contributed by atoms with Gasteiger partial charge in [0, 0.05) is 12.6 Å². The molecule has 1 aliphatic carbocycles. The Bertz CT molecular complexity index is 425. The smallest absolute Gasteiger partial charge is 0.0709 e. The molecule has 4 nitrogen and oxygen atoms in total. The second kappa shape index (κ2) is 5.19. The van der Waals surface area contributed by atoms with Crippen LogP contribution in [0.3, 0.4) is 0 Å². The third kappa shape index (κ3) is 2.16. The maximum Gasteiger partial charge on any atom is 0.0709 e. The molecule has 0 bridgehead atoms. The molecule has 5 heteroatoms. The van der Waals surface area contributed by atoms with Crippen molar-refractivity contribution in [3.05, 3.63) is 16.4 Å². The Morgan fingerprint density at radius 3 is 2.42 bits per heavy atom. The van der Waals surface area contributed by atoms with Crippen LogP contribution in [0.2, 0.25) is 0 Å². The molecule has 106 valence electrons. The summed E-state index contributed by atoms with van der Waals surface area (Å²) in [6.45, 7) is 2.42. The minimum absolute atomic E-state index is 0.0509. The molecule has 0 spiro atoms. The summed E-state index contributed by atoms with van der Waals surface area (Å²) >= 11 is 3.62. The van der Waals surface area contributed by atoms with Crippen LogP contribution in [0.5, 0.6) is 0 Å². The third-order valence-electron chi connectivity index (χ3n) is 5.02. The van der Waals surface area contributed by atoms with Crippen molar-refractivity contribution in [2.45, 2.75) is 50.1 Å². The molecule has 2 heterocycles. The number of hydrogen-bond acceptors (Lipinski definition) is 3. The fraction of sp³-hybridized carbons (Fsp3) is 0.786. The quantitative estimate of drug-likeness (QED) is 0.928. The molecule has 0 amide bonds. The van der Waals surface area contributed by atoms with E-state index in [0.717, 1.165) is 10.2 Å². The zero-order chi connectivity index (χ0) is 13.5. The molecule has 0 aromatic carbocycles. The standard InChI is InChI=1S/C14H23BrN4/c1-18-12(11(15)10-17-18)13(16)14(6-2-3-7-14)19-8-4-5-9-19/h10,13H,2-9,16H2,1H3. The monoisotopic (exact) mass is 326 g/mol. The van der Waals surface area contributed by atoms with E-state index in [1.807, 2.05) is 17.9 Å². The summed E-state index contributed by atoms with van der Waals surface area (Å²) in [5.41, 5.74) is 8.04. The summed E-state index contributed by atoms with van der Waals surface area (Å²) in [6, 6.07) is 0.0509. The first kappa shape index (κ1) is 13.6. The van der Waals surface area contributed by atoms with Crippen LogP contribution in [-0.2, 0) is 7.05 Å². The molecule has 1 unspecified atom stereocenters. The molecule has 3 rings (SSSR count). The average Bonchev–Trinajstić information content (AvgIpc) is 3.09. The fourth-order valence-corrected chi connectivity index (χ4v) is 4.59. The van der Waals surface area contributed by atoms with Crippen LogP contribution in [0.4, 0.5) is 0 Å². The summed E-state index contributed by atoms with van der Waals surface area (Å²) in [5, 5.41) is 4.34. The van der Waals surface area contributed by atoms with Gasteiger partial charge in [-0.3, -0.25) is 9.58 Å². The number of rotatable bonds is 3. The Morgan fingerprint density at radius 2 is 1.89 bits per heavy atom. The Labute approximate surface area is 123 Å². The van der Waals surface area contributed by atoms with Crippen LogP contribution in [0.15, 0.2) is 10.7 Å². The molecule has 1 aromatic heterocycles. The molecule has 2 aliphatic rings. The summed E-state index contributed by atoms with van der Waals surface area (Å²) in [7, 11) is 1.99. The Kier molecular flexibility index (Phi) is 3.71. The number of nitrogens with zero attached hydrogens (tertiary/aromatic N) is 3. The molecule has 1 saturated carbocycles. The van der Waals surface area contributed by atoms with Crippen LogP contribution >= 0.6 is 15.9 Å². The number of nitrogens with two attached hydrogens (primary N) is 1. The third-order valence-corrected chi connectivity index (χ3v) is 5.63. The van der Waals surface area contributed by atoms with Gasteiger partial charge in [0.2, 0.25) is 0 Å². The maximum absolute atomic E-state index is 6.73. The van der Waals surface area contributed by atoms with Gasteiger partial charge in [0.25, 0.3) is 0 Å². The van der Waals surface area contributed by atoms with E-state index in [4.69, 9.17) is 5.73 Å². The molecular weight excluding hydrogens is 304 g/mol. The normalized spacial score (nSPS) is 25.0. The van der Waals surface area contributed by atoms with Crippen LogP contribution < -0.4 is 5.73 Å². The lowest BCUT2D eigenvalue weighted by Gasteiger charge is -2.43. The predicted molar refractivity (Wildman–Crippen MR) is 79.8 cm³/mol. The first-order valence-corrected chi connectivity index (χ1v) is 8.12. The van der Waals surface area contributed by atoms with E-state index in [1.165, 1.54) is 51.6 Å². The van der Waals surface area contributed by atoms with E-state index in [9.17, 15) is 0 Å². The zero-order valence-corrected chi connectivity index (χ0v) is 13.2. The molecule has 1 saturated heterocycles. The molecule has 2 fully saturated rings.